The van der Waals surface area contributed by atoms with Gasteiger partial charge in [-0.15, -0.1) is 0 Å². The summed E-state index contributed by atoms with van der Waals surface area (Å²) in [6.45, 7) is 2.00. The van der Waals surface area contributed by atoms with Crippen LogP contribution in [0, 0.1) is 12.7 Å². The zero-order valence-corrected chi connectivity index (χ0v) is 14.7. The smallest absolute Gasteiger partial charge is 0.288 e. The Morgan fingerprint density at radius 2 is 1.82 bits per heavy atom. The van der Waals surface area contributed by atoms with Gasteiger partial charge in [-0.05, 0) is 35.0 Å². The molecule has 0 radical (unpaired) electrons. The Balaban J connectivity index is 1.81. The molecule has 0 saturated heterocycles. The number of aryl methyl sites for hydroxylation is 1. The van der Waals surface area contributed by atoms with Crippen molar-refractivity contribution in [3.63, 3.8) is 0 Å². The van der Waals surface area contributed by atoms with Crippen LogP contribution in [0.25, 0.3) is 11.3 Å². The molecule has 0 spiro atoms. The number of fused-ring (bicyclic) bond motifs is 2. The molecule has 0 bridgehead atoms. The molecule has 2 N–H and O–H groups in total. The molecule has 28 heavy (non-hydrogen) atoms. The molecule has 0 fully saturated rings. The summed E-state index contributed by atoms with van der Waals surface area (Å²) in [5.41, 5.74) is 3.84. The Bertz CT molecular complexity index is 1230. The number of rotatable bonds is 2. The Morgan fingerprint density at radius 1 is 1.07 bits per heavy atom. The Morgan fingerprint density at radius 3 is 2.57 bits per heavy atom. The van der Waals surface area contributed by atoms with Crippen molar-refractivity contribution in [1.29, 1.82) is 0 Å². The van der Waals surface area contributed by atoms with E-state index in [2.05, 4.69) is 31.0 Å². The fourth-order valence-electron chi connectivity index (χ4n) is 3.42. The number of anilines is 2. The fraction of sp³-hybridized carbons (Fsp3) is 0.105. The number of benzene rings is 2. The Kier molecular flexibility index (Phi) is 3.54. The second-order valence-corrected chi connectivity index (χ2v) is 6.58. The molecule has 0 aliphatic carbocycles. The molecule has 8 nitrogen and oxygen atoms in total. The largest absolute Gasteiger partial charge is 0.318 e. The maximum Gasteiger partial charge on any atom is 0.288 e. The minimum absolute atomic E-state index is 0.321. The van der Waals surface area contributed by atoms with Crippen molar-refractivity contribution in [2.75, 3.05) is 5.32 Å². The van der Waals surface area contributed by atoms with Crippen molar-refractivity contribution >= 4 is 11.6 Å². The van der Waals surface area contributed by atoms with Crippen LogP contribution in [-0.4, -0.2) is 30.4 Å². The molecule has 1 aliphatic heterocycles. The van der Waals surface area contributed by atoms with Gasteiger partial charge in [-0.3, -0.25) is 4.79 Å². The highest BCUT2D eigenvalue weighted by atomic mass is 19.1. The molecule has 138 valence electrons. The third-order valence-corrected chi connectivity index (χ3v) is 4.78. The number of nitrogens with zero attached hydrogens (tertiary/aromatic N) is 5. The first-order valence-corrected chi connectivity index (χ1v) is 8.62. The lowest BCUT2D eigenvalue weighted by Crippen LogP contribution is -2.29. The molecular weight excluding hydrogens is 361 g/mol. The van der Waals surface area contributed by atoms with E-state index >= 15 is 0 Å². The Labute approximate surface area is 158 Å². The molecule has 9 heteroatoms. The van der Waals surface area contributed by atoms with Crippen LogP contribution in [0.2, 0.25) is 0 Å². The van der Waals surface area contributed by atoms with Crippen LogP contribution in [0.5, 0.6) is 0 Å². The monoisotopic (exact) mass is 375 g/mol. The van der Waals surface area contributed by atoms with Crippen molar-refractivity contribution in [1.82, 2.24) is 30.4 Å². The van der Waals surface area contributed by atoms with Gasteiger partial charge in [-0.25, -0.2) is 9.49 Å². The number of nitrogens with one attached hydrogen (secondary N) is 2. The predicted octanol–water partition coefficient (Wildman–Crippen LogP) is 2.57. The third kappa shape index (κ3) is 2.48. The molecule has 2 aromatic heterocycles. The van der Waals surface area contributed by atoms with Crippen LogP contribution in [0.3, 0.4) is 0 Å². The van der Waals surface area contributed by atoms with E-state index in [-0.39, 0.29) is 11.4 Å². The van der Waals surface area contributed by atoms with Gasteiger partial charge in [0.15, 0.2) is 0 Å². The van der Waals surface area contributed by atoms with Crippen LogP contribution in [0.1, 0.15) is 22.7 Å². The quantitative estimate of drug-likeness (QED) is 0.492. The Hall–Kier alpha value is -3.88. The minimum Gasteiger partial charge on any atom is -0.318 e. The van der Waals surface area contributed by atoms with Crippen molar-refractivity contribution in [3.05, 3.63) is 81.4 Å². The van der Waals surface area contributed by atoms with E-state index in [1.54, 1.807) is 16.8 Å². The van der Waals surface area contributed by atoms with Gasteiger partial charge in [0.2, 0.25) is 5.95 Å². The van der Waals surface area contributed by atoms with Gasteiger partial charge < -0.3 is 5.32 Å². The third-order valence-electron chi connectivity index (χ3n) is 4.78. The molecule has 4 aromatic rings. The maximum atomic E-state index is 13.5. The number of hydrogen-bond donors (Lipinski definition) is 2. The number of aromatic amines is 1. The van der Waals surface area contributed by atoms with E-state index < -0.39 is 6.04 Å². The summed E-state index contributed by atoms with van der Waals surface area (Å²) in [6, 6.07) is 13.3. The average Bonchev–Trinajstić information content (AvgIpc) is 3.17. The van der Waals surface area contributed by atoms with Crippen molar-refractivity contribution in [2.45, 2.75) is 13.0 Å². The average molecular weight is 375 g/mol. The van der Waals surface area contributed by atoms with Gasteiger partial charge >= 0.3 is 0 Å². The van der Waals surface area contributed by atoms with Crippen molar-refractivity contribution < 1.29 is 4.39 Å². The summed E-state index contributed by atoms with van der Waals surface area (Å²) in [5.74, 6) is -0.0222. The topological polar surface area (TPSA) is 101 Å². The first-order chi connectivity index (χ1) is 13.6. The molecule has 0 unspecified atom stereocenters. The molecule has 0 amide bonds. The molecule has 0 saturated carbocycles. The van der Waals surface area contributed by atoms with Gasteiger partial charge in [0.05, 0.1) is 5.69 Å². The lowest BCUT2D eigenvalue weighted by atomic mass is 9.92. The van der Waals surface area contributed by atoms with E-state index in [9.17, 15) is 9.18 Å². The van der Waals surface area contributed by atoms with E-state index in [0.717, 1.165) is 16.7 Å². The number of halogens is 1. The second-order valence-electron chi connectivity index (χ2n) is 6.58. The predicted molar refractivity (Wildman–Crippen MR) is 99.8 cm³/mol. The molecule has 1 atom stereocenters. The van der Waals surface area contributed by atoms with Gasteiger partial charge in [0.1, 0.15) is 17.5 Å². The van der Waals surface area contributed by atoms with E-state index in [1.807, 2.05) is 31.2 Å². The highest BCUT2D eigenvalue weighted by molar-refractivity contribution is 5.75. The van der Waals surface area contributed by atoms with Gasteiger partial charge in [0.25, 0.3) is 5.56 Å². The van der Waals surface area contributed by atoms with Crippen LogP contribution in [0.4, 0.5) is 16.0 Å². The van der Waals surface area contributed by atoms with E-state index in [1.165, 1.54) is 12.1 Å². The first-order valence-electron chi connectivity index (χ1n) is 8.62. The summed E-state index contributed by atoms with van der Waals surface area (Å²) >= 11 is 0. The summed E-state index contributed by atoms with van der Waals surface area (Å²) in [4.78, 5) is 12.5. The van der Waals surface area contributed by atoms with Gasteiger partial charge in [-0.1, -0.05) is 47.1 Å². The second kappa shape index (κ2) is 6.08. The maximum absolute atomic E-state index is 13.5. The van der Waals surface area contributed by atoms with Crippen molar-refractivity contribution in [2.24, 2.45) is 0 Å². The number of aromatic nitrogens is 6. The highest BCUT2D eigenvalue weighted by Gasteiger charge is 2.34. The summed E-state index contributed by atoms with van der Waals surface area (Å²) in [5, 5.41) is 21.6. The van der Waals surface area contributed by atoms with E-state index in [4.69, 9.17) is 0 Å². The number of tetrazole rings is 1. The lowest BCUT2D eigenvalue weighted by Gasteiger charge is -2.27. The van der Waals surface area contributed by atoms with Crippen LogP contribution in [-0.2, 0) is 0 Å². The number of hydrogen-bond acceptors (Lipinski definition) is 6. The standard InChI is InChI=1S/C19H14FN7O/c1-10-2-4-11(5-3-10)15-14-16(18(28)23-22-15)21-19-24-25-26-27(19)17(14)12-6-8-13(20)9-7-12/h2-9,17H,1H3,(H,23,28)(H,21,24,26)/t17-/m1/s1. The van der Waals surface area contributed by atoms with Crippen LogP contribution < -0.4 is 10.9 Å². The summed E-state index contributed by atoms with van der Waals surface area (Å²) in [7, 11) is 0. The SMILES string of the molecule is Cc1ccc(-c2n[nH]c(=O)c3c2[C@@H](c2ccc(F)cc2)n2nnnc2N3)cc1. The zero-order chi connectivity index (χ0) is 19.3. The van der Waals surface area contributed by atoms with Crippen LogP contribution >= 0.6 is 0 Å². The van der Waals surface area contributed by atoms with Crippen molar-refractivity contribution in [3.8, 4) is 11.3 Å². The first kappa shape index (κ1) is 16.3. The van der Waals surface area contributed by atoms with E-state index in [0.29, 0.717) is 22.9 Å². The highest BCUT2D eigenvalue weighted by Crippen LogP contribution is 2.40. The van der Waals surface area contributed by atoms with Crippen LogP contribution in [0.15, 0.2) is 53.3 Å². The van der Waals surface area contributed by atoms with Gasteiger partial charge in [0, 0.05) is 11.1 Å². The molecular formula is C19H14FN7O. The minimum atomic E-state index is -0.534. The lowest BCUT2D eigenvalue weighted by molar-refractivity contribution is 0.564. The molecule has 3 heterocycles. The summed E-state index contributed by atoms with van der Waals surface area (Å²) in [6.07, 6.45) is 0. The van der Waals surface area contributed by atoms with Gasteiger partial charge in [-0.2, -0.15) is 9.78 Å². The molecule has 1 aliphatic rings. The molecule has 5 rings (SSSR count). The molecule has 2 aromatic carbocycles. The fourth-order valence-corrected chi connectivity index (χ4v) is 3.42. The summed E-state index contributed by atoms with van der Waals surface area (Å²) < 4.78 is 15.1. The zero-order valence-electron chi connectivity index (χ0n) is 14.7. The normalized spacial score (nSPS) is 14.9. The number of H-pyrrole nitrogens is 1.